The Bertz CT molecular complexity index is 829. The average Bonchev–Trinajstić information content (AvgIpc) is 3.11. The van der Waals surface area contributed by atoms with Crippen molar-refractivity contribution in [2.45, 2.75) is 37.3 Å². The summed E-state index contributed by atoms with van der Waals surface area (Å²) >= 11 is 0. The van der Waals surface area contributed by atoms with Crippen molar-refractivity contribution < 1.29 is 9.53 Å². The molecule has 4 rings (SSSR count). The quantitative estimate of drug-likeness (QED) is 0.843. The smallest absolute Gasteiger partial charge is 0.255 e. The summed E-state index contributed by atoms with van der Waals surface area (Å²) in [6.45, 7) is 3.80. The predicted molar refractivity (Wildman–Crippen MR) is 106 cm³/mol. The van der Waals surface area contributed by atoms with E-state index in [0.717, 1.165) is 31.6 Å². The minimum atomic E-state index is -0.151. The van der Waals surface area contributed by atoms with Gasteiger partial charge in [0.25, 0.3) is 5.91 Å². The number of nitrogens with one attached hydrogen (secondary N) is 2. The average molecular weight is 391 g/mol. The van der Waals surface area contributed by atoms with E-state index in [1.165, 1.54) is 11.1 Å². The van der Waals surface area contributed by atoms with E-state index in [9.17, 15) is 4.79 Å². The van der Waals surface area contributed by atoms with Gasteiger partial charge in [-0.2, -0.15) is 5.10 Å². The highest BCUT2D eigenvalue weighted by molar-refractivity contribution is 5.95. The number of methoxy groups -OCH3 is 1. The summed E-state index contributed by atoms with van der Waals surface area (Å²) in [5, 5.41) is 11.0. The highest BCUT2D eigenvalue weighted by atomic mass is 35.5. The second-order valence-electron chi connectivity index (χ2n) is 7.40. The van der Waals surface area contributed by atoms with Gasteiger partial charge in [0.15, 0.2) is 0 Å². The van der Waals surface area contributed by atoms with E-state index >= 15 is 0 Å². The zero-order chi connectivity index (χ0) is 18.3. The molecule has 7 heteroatoms. The molecule has 2 aromatic rings. The number of halogens is 1. The minimum absolute atomic E-state index is 0. The van der Waals surface area contributed by atoms with Gasteiger partial charge in [-0.05, 0) is 44.0 Å². The Morgan fingerprint density at radius 1 is 1.33 bits per heavy atom. The molecule has 2 aliphatic rings. The number of aryl methyl sites for hydroxylation is 2. The lowest BCUT2D eigenvalue weighted by molar-refractivity contribution is 0.00396. The third kappa shape index (κ3) is 3.16. The van der Waals surface area contributed by atoms with E-state index in [4.69, 9.17) is 4.74 Å². The molecule has 1 saturated heterocycles. The fourth-order valence-electron chi connectivity index (χ4n) is 4.84. The molecule has 0 saturated carbocycles. The Hall–Kier alpha value is -1.89. The molecule has 1 aliphatic carbocycles. The van der Waals surface area contributed by atoms with E-state index in [1.807, 2.05) is 20.0 Å². The number of nitrogens with zero attached hydrogens (tertiary/aromatic N) is 2. The van der Waals surface area contributed by atoms with Crippen LogP contribution >= 0.6 is 12.4 Å². The lowest BCUT2D eigenvalue weighted by Crippen LogP contribution is -2.49. The SMILES string of the molecule is CO[C@H]1[C@H](NC(=O)c2cn(C)nc2C)c2ccccc2C12CCNCC2.Cl. The molecule has 2 N–H and O–H groups in total. The molecule has 0 bridgehead atoms. The predicted octanol–water partition coefficient (Wildman–Crippen LogP) is 2.27. The van der Waals surface area contributed by atoms with Crippen molar-refractivity contribution in [3.8, 4) is 0 Å². The Kier molecular flexibility index (Phi) is 5.60. The van der Waals surface area contributed by atoms with Gasteiger partial charge in [0.2, 0.25) is 0 Å². The molecular formula is C20H27ClN4O2. The van der Waals surface area contributed by atoms with Crippen LogP contribution in [0.25, 0.3) is 0 Å². The molecule has 0 unspecified atom stereocenters. The lowest BCUT2D eigenvalue weighted by Gasteiger charge is -2.40. The summed E-state index contributed by atoms with van der Waals surface area (Å²) in [7, 11) is 3.59. The van der Waals surface area contributed by atoms with Crippen LogP contribution in [0.1, 0.15) is 46.1 Å². The number of carbonyl (C=O) groups excluding carboxylic acids is 1. The Morgan fingerprint density at radius 3 is 2.67 bits per heavy atom. The van der Waals surface area contributed by atoms with E-state index in [-0.39, 0.29) is 35.9 Å². The van der Waals surface area contributed by atoms with Gasteiger partial charge in [-0.25, -0.2) is 0 Å². The van der Waals surface area contributed by atoms with Crippen molar-refractivity contribution in [2.75, 3.05) is 20.2 Å². The molecule has 1 aromatic heterocycles. The molecule has 1 spiro atoms. The van der Waals surface area contributed by atoms with Crippen molar-refractivity contribution in [1.29, 1.82) is 0 Å². The Labute approximate surface area is 166 Å². The van der Waals surface area contributed by atoms with Crippen LogP contribution in [-0.2, 0) is 17.2 Å². The monoisotopic (exact) mass is 390 g/mol. The molecule has 146 valence electrons. The fourth-order valence-corrected chi connectivity index (χ4v) is 4.84. The van der Waals surface area contributed by atoms with E-state index in [0.29, 0.717) is 5.56 Å². The van der Waals surface area contributed by atoms with Gasteiger partial charge < -0.3 is 15.4 Å². The van der Waals surface area contributed by atoms with E-state index in [1.54, 1.807) is 18.0 Å². The molecule has 1 amide bonds. The molecule has 0 radical (unpaired) electrons. The number of ether oxygens (including phenoxy) is 1. The highest BCUT2D eigenvalue weighted by Crippen LogP contribution is 2.51. The number of piperidine rings is 1. The summed E-state index contributed by atoms with van der Waals surface area (Å²) in [5.74, 6) is -0.0940. The summed E-state index contributed by atoms with van der Waals surface area (Å²) in [6, 6.07) is 8.31. The first-order valence-corrected chi connectivity index (χ1v) is 9.21. The number of amides is 1. The van der Waals surface area contributed by atoms with Crippen molar-refractivity contribution in [3.05, 3.63) is 52.8 Å². The number of hydrogen-bond acceptors (Lipinski definition) is 4. The number of hydrogen-bond donors (Lipinski definition) is 2. The van der Waals surface area contributed by atoms with Crippen molar-refractivity contribution in [3.63, 3.8) is 0 Å². The number of fused-ring (bicyclic) bond motifs is 2. The van der Waals surface area contributed by atoms with Gasteiger partial charge >= 0.3 is 0 Å². The van der Waals surface area contributed by atoms with Crippen molar-refractivity contribution >= 4 is 18.3 Å². The molecule has 27 heavy (non-hydrogen) atoms. The summed E-state index contributed by atoms with van der Waals surface area (Å²) < 4.78 is 7.68. The number of benzene rings is 1. The first-order chi connectivity index (χ1) is 12.6. The van der Waals surface area contributed by atoms with Gasteiger partial charge in [-0.3, -0.25) is 9.48 Å². The maximum Gasteiger partial charge on any atom is 0.255 e. The zero-order valence-electron chi connectivity index (χ0n) is 16.0. The minimum Gasteiger partial charge on any atom is -0.378 e. The topological polar surface area (TPSA) is 68.2 Å². The van der Waals surface area contributed by atoms with Crippen LogP contribution in [0, 0.1) is 6.92 Å². The Balaban J connectivity index is 0.00000210. The first-order valence-electron chi connectivity index (χ1n) is 9.21. The van der Waals surface area contributed by atoms with Crippen LogP contribution in [0.3, 0.4) is 0 Å². The van der Waals surface area contributed by atoms with Crippen LogP contribution in [0.5, 0.6) is 0 Å². The van der Waals surface area contributed by atoms with Gasteiger partial charge in [0, 0.05) is 25.8 Å². The number of rotatable bonds is 3. The molecule has 2 heterocycles. The van der Waals surface area contributed by atoms with Crippen LogP contribution in [0.2, 0.25) is 0 Å². The molecular weight excluding hydrogens is 364 g/mol. The summed E-state index contributed by atoms with van der Waals surface area (Å²) in [5.41, 5.74) is 3.81. The normalized spacial score (nSPS) is 22.9. The maximum atomic E-state index is 12.9. The van der Waals surface area contributed by atoms with Crippen LogP contribution < -0.4 is 10.6 Å². The largest absolute Gasteiger partial charge is 0.378 e. The zero-order valence-corrected chi connectivity index (χ0v) is 16.8. The Morgan fingerprint density at radius 2 is 2.04 bits per heavy atom. The highest BCUT2D eigenvalue weighted by Gasteiger charge is 2.53. The van der Waals surface area contributed by atoms with Crippen LogP contribution in [0.4, 0.5) is 0 Å². The van der Waals surface area contributed by atoms with Gasteiger partial charge in [0.1, 0.15) is 0 Å². The first kappa shape index (κ1) is 19.9. The molecule has 1 aliphatic heterocycles. The van der Waals surface area contributed by atoms with Gasteiger partial charge in [0.05, 0.1) is 23.4 Å². The van der Waals surface area contributed by atoms with Gasteiger partial charge in [-0.1, -0.05) is 24.3 Å². The molecule has 1 fully saturated rings. The van der Waals surface area contributed by atoms with Crippen molar-refractivity contribution in [2.24, 2.45) is 7.05 Å². The van der Waals surface area contributed by atoms with E-state index in [2.05, 4.69) is 33.9 Å². The lowest BCUT2D eigenvalue weighted by atomic mass is 9.72. The number of carbonyl (C=O) groups is 1. The molecule has 1 aromatic carbocycles. The van der Waals surface area contributed by atoms with E-state index < -0.39 is 0 Å². The second kappa shape index (κ2) is 7.62. The molecule has 2 atom stereocenters. The van der Waals surface area contributed by atoms with Crippen LogP contribution in [-0.4, -0.2) is 42.0 Å². The standard InChI is InChI=1S/C20H26N4O2.ClH/c1-13-15(12-24(2)23-13)19(25)22-17-14-6-4-5-7-16(14)20(18(17)26-3)8-10-21-11-9-20;/h4-7,12,17-18,21H,8-11H2,1-3H3,(H,22,25);1H/t17-,18+;/m1./s1. The number of aromatic nitrogens is 2. The third-order valence-electron chi connectivity index (χ3n) is 5.97. The second-order valence-corrected chi connectivity index (χ2v) is 7.40. The molecule has 6 nitrogen and oxygen atoms in total. The maximum absolute atomic E-state index is 12.9. The van der Waals surface area contributed by atoms with Crippen molar-refractivity contribution in [1.82, 2.24) is 20.4 Å². The van der Waals surface area contributed by atoms with Crippen LogP contribution in [0.15, 0.2) is 30.5 Å². The summed E-state index contributed by atoms with van der Waals surface area (Å²) in [4.78, 5) is 12.9. The fraction of sp³-hybridized carbons (Fsp3) is 0.500. The third-order valence-corrected chi connectivity index (χ3v) is 5.97. The summed E-state index contributed by atoms with van der Waals surface area (Å²) in [6.07, 6.45) is 3.73. The van der Waals surface area contributed by atoms with Gasteiger partial charge in [-0.15, -0.1) is 12.4 Å².